The van der Waals surface area contributed by atoms with Crippen LogP contribution >= 0.6 is 0 Å². The monoisotopic (exact) mass is 595 g/mol. The number of ether oxygens (including phenoxy) is 1. The number of nitrogens with one attached hydrogen (secondary N) is 3. The van der Waals surface area contributed by atoms with Crippen LogP contribution in [-0.2, 0) is 23.9 Å². The third-order valence-corrected chi connectivity index (χ3v) is 8.42. The maximum atomic E-state index is 14.0. The predicted molar refractivity (Wildman–Crippen MR) is 152 cm³/mol. The largest absolute Gasteiger partial charge is 0.508 e. The highest BCUT2D eigenvalue weighted by Gasteiger charge is 2.50. The molecule has 2 aliphatic heterocycles. The standard InChI is InChI=1S/C31H32F3N5O4/c1-17-27(22-15-20(4-6-24(22)40)43-25-8-9-36-29-21(25)5-7-26(41)37-29)28(17)38-30(42)18-2-3-19(23(14-18)31(32,33)34)16-39-12-10-35-11-13-39/h2-4,6,8-9,14-15,17,27-28,35,40H,5,7,10-13,16H2,1H3,(H,38,42)(H,36,37,41)/t17?,27-,28+/m0/s1. The van der Waals surface area contributed by atoms with E-state index >= 15 is 0 Å². The van der Waals surface area contributed by atoms with Crippen molar-refractivity contribution in [1.29, 1.82) is 0 Å². The molecular weight excluding hydrogens is 563 g/mol. The average Bonchev–Trinajstić information content (AvgIpc) is 3.61. The van der Waals surface area contributed by atoms with Gasteiger partial charge in [0, 0.05) is 74.0 Å². The number of halogens is 3. The van der Waals surface area contributed by atoms with Gasteiger partial charge >= 0.3 is 6.18 Å². The molecule has 6 rings (SSSR count). The highest BCUT2D eigenvalue weighted by molar-refractivity contribution is 5.95. The molecule has 226 valence electrons. The molecule has 2 aromatic carbocycles. The Bertz CT molecular complexity index is 1560. The van der Waals surface area contributed by atoms with E-state index < -0.39 is 17.6 Å². The number of aromatic hydroxyl groups is 1. The summed E-state index contributed by atoms with van der Waals surface area (Å²) in [6.07, 6.45) is -2.26. The SMILES string of the molecule is CC1[C@@H](NC(=O)c2ccc(CN3CCNCC3)c(C(F)(F)F)c2)[C@@H]1c1cc(Oc2ccnc3c2CCC(=O)N3)ccc1O. The zero-order chi connectivity index (χ0) is 30.3. The van der Waals surface area contributed by atoms with Crippen LogP contribution < -0.4 is 20.7 Å². The first kappa shape index (κ1) is 28.9. The highest BCUT2D eigenvalue weighted by atomic mass is 19.4. The smallest absolute Gasteiger partial charge is 0.416 e. The van der Waals surface area contributed by atoms with Crippen LogP contribution in [0.25, 0.3) is 0 Å². The van der Waals surface area contributed by atoms with Gasteiger partial charge < -0.3 is 25.8 Å². The number of benzene rings is 2. The molecule has 3 heterocycles. The lowest BCUT2D eigenvalue weighted by Crippen LogP contribution is -2.43. The number of phenols is 1. The van der Waals surface area contributed by atoms with Gasteiger partial charge in [0.1, 0.15) is 23.1 Å². The molecule has 43 heavy (non-hydrogen) atoms. The van der Waals surface area contributed by atoms with E-state index in [1.54, 1.807) is 18.2 Å². The van der Waals surface area contributed by atoms with E-state index in [2.05, 4.69) is 20.9 Å². The van der Waals surface area contributed by atoms with E-state index in [1.807, 2.05) is 11.8 Å². The normalized spacial score (nSPS) is 22.0. The minimum atomic E-state index is -4.60. The first-order valence-electron chi connectivity index (χ1n) is 14.3. The van der Waals surface area contributed by atoms with Gasteiger partial charge in [-0.2, -0.15) is 13.2 Å². The second kappa shape index (κ2) is 11.5. The van der Waals surface area contributed by atoms with Gasteiger partial charge in [-0.1, -0.05) is 13.0 Å². The van der Waals surface area contributed by atoms with Crippen LogP contribution in [0.4, 0.5) is 19.0 Å². The van der Waals surface area contributed by atoms with Crippen LogP contribution in [-0.4, -0.2) is 59.0 Å². The Balaban J connectivity index is 1.17. The van der Waals surface area contributed by atoms with Crippen molar-refractivity contribution < 1.29 is 32.6 Å². The van der Waals surface area contributed by atoms with E-state index in [0.717, 1.165) is 24.7 Å². The number of fused-ring (bicyclic) bond motifs is 1. The van der Waals surface area contributed by atoms with Gasteiger partial charge in [0.2, 0.25) is 5.91 Å². The van der Waals surface area contributed by atoms with Crippen molar-refractivity contribution in [3.8, 4) is 17.2 Å². The van der Waals surface area contributed by atoms with Crippen molar-refractivity contribution >= 4 is 17.6 Å². The molecule has 3 atom stereocenters. The van der Waals surface area contributed by atoms with Gasteiger partial charge in [-0.25, -0.2) is 4.98 Å². The number of aromatic nitrogens is 1. The van der Waals surface area contributed by atoms with E-state index in [-0.39, 0.29) is 47.2 Å². The Morgan fingerprint density at radius 1 is 1.14 bits per heavy atom. The van der Waals surface area contributed by atoms with Crippen LogP contribution in [0.15, 0.2) is 48.7 Å². The Morgan fingerprint density at radius 3 is 2.70 bits per heavy atom. The maximum absolute atomic E-state index is 14.0. The quantitative estimate of drug-likeness (QED) is 0.320. The van der Waals surface area contributed by atoms with Crippen LogP contribution in [0.3, 0.4) is 0 Å². The summed E-state index contributed by atoms with van der Waals surface area (Å²) in [6, 6.07) is 9.91. The average molecular weight is 596 g/mol. The lowest BCUT2D eigenvalue weighted by Gasteiger charge is -2.28. The fourth-order valence-electron chi connectivity index (χ4n) is 5.97. The van der Waals surface area contributed by atoms with Crippen molar-refractivity contribution in [2.75, 3.05) is 31.5 Å². The fraction of sp³-hybridized carbons (Fsp3) is 0.387. The minimum absolute atomic E-state index is 0.0293. The number of carbonyl (C=O) groups excluding carboxylic acids is 2. The Hall–Kier alpha value is -4.16. The van der Waals surface area contributed by atoms with Crippen molar-refractivity contribution in [2.24, 2.45) is 5.92 Å². The van der Waals surface area contributed by atoms with Crippen molar-refractivity contribution in [1.82, 2.24) is 20.5 Å². The zero-order valence-electron chi connectivity index (χ0n) is 23.5. The van der Waals surface area contributed by atoms with Crippen molar-refractivity contribution in [2.45, 2.75) is 44.4 Å². The minimum Gasteiger partial charge on any atom is -0.508 e. The Morgan fingerprint density at radius 2 is 1.93 bits per heavy atom. The number of pyridine rings is 1. The molecule has 2 fully saturated rings. The third kappa shape index (κ3) is 6.16. The summed E-state index contributed by atoms with van der Waals surface area (Å²) in [5, 5.41) is 19.4. The van der Waals surface area contributed by atoms with E-state index in [4.69, 9.17) is 4.74 Å². The summed E-state index contributed by atoms with van der Waals surface area (Å²) in [6.45, 7) is 4.82. The molecule has 1 unspecified atom stereocenters. The van der Waals surface area contributed by atoms with E-state index in [1.165, 1.54) is 24.4 Å². The van der Waals surface area contributed by atoms with Crippen LogP contribution in [0, 0.1) is 5.92 Å². The Labute approximate surface area is 246 Å². The molecule has 1 saturated carbocycles. The summed E-state index contributed by atoms with van der Waals surface area (Å²) >= 11 is 0. The number of phenolic OH excluding ortho intramolecular Hbond substituents is 1. The van der Waals surface area contributed by atoms with Gasteiger partial charge in [0.15, 0.2) is 0 Å². The second-order valence-electron chi connectivity index (χ2n) is 11.3. The highest BCUT2D eigenvalue weighted by Crippen LogP contribution is 2.51. The molecule has 4 N–H and O–H groups in total. The predicted octanol–water partition coefficient (Wildman–Crippen LogP) is 4.42. The first-order chi connectivity index (χ1) is 20.6. The molecule has 0 bridgehead atoms. The molecule has 3 aromatic rings. The molecule has 2 amide bonds. The van der Waals surface area contributed by atoms with Crippen molar-refractivity contribution in [3.63, 3.8) is 0 Å². The van der Waals surface area contributed by atoms with E-state index in [0.29, 0.717) is 48.8 Å². The summed E-state index contributed by atoms with van der Waals surface area (Å²) in [5.41, 5.74) is 0.612. The number of anilines is 1. The molecule has 0 spiro atoms. The van der Waals surface area contributed by atoms with Gasteiger partial charge in [-0.15, -0.1) is 0 Å². The summed E-state index contributed by atoms with van der Waals surface area (Å²) in [4.78, 5) is 31.0. The number of amides is 2. The van der Waals surface area contributed by atoms with Gasteiger partial charge in [0.05, 0.1) is 5.56 Å². The van der Waals surface area contributed by atoms with Crippen molar-refractivity contribution in [3.05, 3.63) is 76.5 Å². The lowest BCUT2D eigenvalue weighted by atomic mass is 10.0. The number of alkyl halides is 3. The molecule has 1 saturated heterocycles. The second-order valence-corrected chi connectivity index (χ2v) is 11.3. The summed E-state index contributed by atoms with van der Waals surface area (Å²) < 4.78 is 48.1. The van der Waals surface area contributed by atoms with Crippen LogP contribution in [0.2, 0.25) is 0 Å². The van der Waals surface area contributed by atoms with E-state index in [9.17, 15) is 27.9 Å². The first-order valence-corrected chi connectivity index (χ1v) is 14.3. The zero-order valence-corrected chi connectivity index (χ0v) is 23.5. The number of piperazine rings is 1. The van der Waals surface area contributed by atoms with Crippen LogP contribution in [0.1, 0.15) is 51.9 Å². The number of rotatable bonds is 7. The maximum Gasteiger partial charge on any atom is 0.416 e. The molecule has 9 nitrogen and oxygen atoms in total. The number of carbonyl (C=O) groups is 2. The summed E-state index contributed by atoms with van der Waals surface area (Å²) in [5.74, 6) is 0.443. The van der Waals surface area contributed by atoms with Gasteiger partial charge in [0.25, 0.3) is 5.91 Å². The molecular formula is C31H32F3N5O4. The molecule has 3 aliphatic rings. The summed E-state index contributed by atoms with van der Waals surface area (Å²) in [7, 11) is 0. The lowest BCUT2D eigenvalue weighted by molar-refractivity contribution is -0.138. The number of nitrogens with zero attached hydrogens (tertiary/aromatic N) is 2. The molecule has 0 radical (unpaired) electrons. The number of hydrogen-bond donors (Lipinski definition) is 4. The third-order valence-electron chi connectivity index (χ3n) is 8.42. The topological polar surface area (TPSA) is 116 Å². The number of hydrogen-bond acceptors (Lipinski definition) is 7. The Kier molecular flexibility index (Phi) is 7.74. The van der Waals surface area contributed by atoms with Gasteiger partial charge in [-0.3, -0.25) is 14.5 Å². The van der Waals surface area contributed by atoms with Crippen LogP contribution in [0.5, 0.6) is 17.2 Å². The molecule has 1 aromatic heterocycles. The van der Waals surface area contributed by atoms with Gasteiger partial charge in [-0.05, 0) is 54.3 Å². The molecule has 1 aliphatic carbocycles. The fourth-order valence-corrected chi connectivity index (χ4v) is 5.97. The molecule has 12 heteroatoms.